The van der Waals surface area contributed by atoms with E-state index in [0.29, 0.717) is 0 Å². The Morgan fingerprint density at radius 2 is 2.00 bits per heavy atom. The van der Waals surface area contributed by atoms with Crippen LogP contribution < -0.4 is 34.8 Å². The molecule has 0 saturated heterocycles. The molecule has 0 saturated carbocycles. The van der Waals surface area contributed by atoms with Crippen LogP contribution in [-0.4, -0.2) is 5.97 Å². The quantitative estimate of drug-likeness (QED) is 0.289. The molecule has 0 aromatic heterocycles. The molecule has 0 spiro atoms. The Labute approximate surface area is 96.5 Å². The molecule has 1 rings (SSSR count). The number of hydrogen-bond acceptors (Lipinski definition) is 3. The van der Waals surface area contributed by atoms with Gasteiger partial charge in [0.25, 0.3) is 0 Å². The summed E-state index contributed by atoms with van der Waals surface area (Å²) in [5.41, 5.74) is 0.0872. The maximum atomic E-state index is 10.6. The van der Waals surface area contributed by atoms with Crippen molar-refractivity contribution in [3.05, 3.63) is 34.9 Å². The summed E-state index contributed by atoms with van der Waals surface area (Å²) in [6, 6.07) is 6.18. The van der Waals surface area contributed by atoms with Crippen molar-refractivity contribution in [1.82, 2.24) is 0 Å². The molecule has 1 aromatic carbocycles. The molecule has 1 aromatic rings. The third-order valence-electron chi connectivity index (χ3n) is 1.17. The number of hydrogen-bond donors (Lipinski definition) is 0. The first-order chi connectivity index (χ1) is 5.25. The second kappa shape index (κ2) is 5.56. The average molecular weight is 195 g/mol. The molecule has 0 aliphatic rings. The van der Waals surface area contributed by atoms with Gasteiger partial charge in [-0.15, -0.1) is 0 Å². The van der Waals surface area contributed by atoms with Crippen LogP contribution >= 0.6 is 11.6 Å². The maximum absolute atomic E-state index is 10.6. The molecule has 3 nitrogen and oxygen atoms in total. The minimum atomic E-state index is -0.962. The maximum Gasteiger partial charge on any atom is 1.00 e. The minimum absolute atomic E-state index is 0. The van der Waals surface area contributed by atoms with E-state index in [1.165, 1.54) is 12.1 Å². The summed E-state index contributed by atoms with van der Waals surface area (Å²) < 4.78 is 0. The molecule has 0 aliphatic heterocycles. The molecular formula is C7H4ClNaO3. The van der Waals surface area contributed by atoms with Gasteiger partial charge in [0, 0.05) is 0 Å². The first kappa shape index (κ1) is 11.9. The van der Waals surface area contributed by atoms with E-state index in [-0.39, 0.29) is 40.1 Å². The fourth-order valence-corrected chi connectivity index (χ4v) is 0.885. The van der Waals surface area contributed by atoms with Crippen molar-refractivity contribution in [1.29, 1.82) is 0 Å². The predicted octanol–water partition coefficient (Wildman–Crippen LogP) is -2.22. The van der Waals surface area contributed by atoms with Gasteiger partial charge in [-0.2, -0.15) is 0 Å². The summed E-state index contributed by atoms with van der Waals surface area (Å²) in [6.07, 6.45) is 0. The summed E-state index contributed by atoms with van der Waals surface area (Å²) >= 11 is 5.56. The van der Waals surface area contributed by atoms with Crippen LogP contribution in [0.2, 0.25) is 5.02 Å². The summed E-state index contributed by atoms with van der Waals surface area (Å²) in [5, 5.41) is 9.89. The second-order valence-corrected chi connectivity index (χ2v) is 2.26. The van der Waals surface area contributed by atoms with Gasteiger partial charge in [0.2, 0.25) is 0 Å². The molecule has 0 unspecified atom stereocenters. The van der Waals surface area contributed by atoms with Crippen LogP contribution in [0.1, 0.15) is 10.4 Å². The van der Waals surface area contributed by atoms with Crippen molar-refractivity contribution < 1.29 is 44.5 Å². The van der Waals surface area contributed by atoms with Crippen LogP contribution in [0.5, 0.6) is 0 Å². The Kier molecular flexibility index (Phi) is 5.53. The molecule has 0 amide bonds. The van der Waals surface area contributed by atoms with Crippen LogP contribution in [-0.2, 0) is 4.89 Å². The van der Waals surface area contributed by atoms with Crippen molar-refractivity contribution in [2.24, 2.45) is 0 Å². The van der Waals surface area contributed by atoms with E-state index in [9.17, 15) is 10.1 Å². The van der Waals surface area contributed by atoms with Crippen molar-refractivity contribution in [2.75, 3.05) is 0 Å². The third-order valence-corrected chi connectivity index (χ3v) is 1.50. The number of carbonyl (C=O) groups excluding carboxylic acids is 1. The standard InChI is InChI=1S/C7H5ClO3.Na/c8-6-4-2-1-3-5(6)7(9)11-10;/h1-4,10H;/q;+1/p-1. The Balaban J connectivity index is 0.00000121. The molecule has 0 bridgehead atoms. The number of rotatable bonds is 1. The van der Waals surface area contributed by atoms with E-state index in [1.54, 1.807) is 12.1 Å². The smallest absolute Gasteiger partial charge is 0.661 e. The number of halogens is 1. The van der Waals surface area contributed by atoms with Crippen LogP contribution in [0, 0.1) is 0 Å². The molecule has 0 aliphatic carbocycles. The topological polar surface area (TPSA) is 49.4 Å². The third kappa shape index (κ3) is 2.77. The Morgan fingerprint density at radius 3 is 2.50 bits per heavy atom. The van der Waals surface area contributed by atoms with Crippen molar-refractivity contribution in [3.8, 4) is 0 Å². The number of benzene rings is 1. The van der Waals surface area contributed by atoms with Gasteiger partial charge in [-0.25, -0.2) is 4.79 Å². The summed E-state index contributed by atoms with van der Waals surface area (Å²) in [6.45, 7) is 0. The molecule has 0 radical (unpaired) electrons. The van der Waals surface area contributed by atoms with Crippen molar-refractivity contribution >= 4 is 17.6 Å². The van der Waals surface area contributed by atoms with E-state index in [0.717, 1.165) is 0 Å². The van der Waals surface area contributed by atoms with Crippen LogP contribution in [0.3, 0.4) is 0 Å². The van der Waals surface area contributed by atoms with Gasteiger partial charge < -0.3 is 10.1 Å². The van der Waals surface area contributed by atoms with Crippen molar-refractivity contribution in [2.45, 2.75) is 0 Å². The van der Waals surface area contributed by atoms with Gasteiger partial charge in [0.05, 0.1) is 10.6 Å². The van der Waals surface area contributed by atoms with E-state index >= 15 is 0 Å². The Morgan fingerprint density at radius 1 is 1.42 bits per heavy atom. The van der Waals surface area contributed by atoms with Gasteiger partial charge in [0.15, 0.2) is 0 Å². The van der Waals surface area contributed by atoms with E-state index in [4.69, 9.17) is 11.6 Å². The van der Waals surface area contributed by atoms with Gasteiger partial charge in [0.1, 0.15) is 0 Å². The molecule has 58 valence electrons. The van der Waals surface area contributed by atoms with E-state index in [1.807, 2.05) is 0 Å². The van der Waals surface area contributed by atoms with Crippen LogP contribution in [0.25, 0.3) is 0 Å². The molecule has 12 heavy (non-hydrogen) atoms. The fraction of sp³-hybridized carbons (Fsp3) is 0. The fourth-order valence-electron chi connectivity index (χ4n) is 0.672. The SMILES string of the molecule is O=C(O[O-])c1ccccc1Cl.[Na+]. The molecular weight excluding hydrogens is 191 g/mol. The van der Waals surface area contributed by atoms with Crippen LogP contribution in [0.15, 0.2) is 24.3 Å². The largest absolute Gasteiger partial charge is 1.00 e. The first-order valence-electron chi connectivity index (χ1n) is 2.84. The van der Waals surface area contributed by atoms with Crippen LogP contribution in [0.4, 0.5) is 0 Å². The normalized spacial score (nSPS) is 8.50. The zero-order valence-corrected chi connectivity index (χ0v) is 9.17. The Bertz CT molecular complexity index is 277. The molecule has 0 heterocycles. The molecule has 0 atom stereocenters. The first-order valence-corrected chi connectivity index (χ1v) is 3.22. The van der Waals surface area contributed by atoms with Gasteiger partial charge in [-0.1, -0.05) is 23.7 Å². The number of carbonyl (C=O) groups is 1. The monoisotopic (exact) mass is 194 g/mol. The zero-order valence-electron chi connectivity index (χ0n) is 6.41. The predicted molar refractivity (Wildman–Crippen MR) is 36.9 cm³/mol. The molecule has 0 N–H and O–H groups in total. The zero-order chi connectivity index (χ0) is 8.27. The minimum Gasteiger partial charge on any atom is -0.661 e. The van der Waals surface area contributed by atoms with E-state index < -0.39 is 5.97 Å². The van der Waals surface area contributed by atoms with Gasteiger partial charge in [-0.05, 0) is 12.1 Å². The summed E-state index contributed by atoms with van der Waals surface area (Å²) in [7, 11) is 0. The van der Waals surface area contributed by atoms with Gasteiger partial charge in [-0.3, -0.25) is 0 Å². The van der Waals surface area contributed by atoms with Crippen molar-refractivity contribution in [3.63, 3.8) is 0 Å². The molecule has 0 fully saturated rings. The van der Waals surface area contributed by atoms with E-state index in [2.05, 4.69) is 4.89 Å². The average Bonchev–Trinajstić information content (AvgIpc) is 2.04. The summed E-state index contributed by atoms with van der Waals surface area (Å²) in [5.74, 6) is -0.962. The Hall–Kier alpha value is -0.0600. The second-order valence-electron chi connectivity index (χ2n) is 1.85. The molecule has 5 heteroatoms. The summed E-state index contributed by atoms with van der Waals surface area (Å²) in [4.78, 5) is 13.9. The van der Waals surface area contributed by atoms with Gasteiger partial charge >= 0.3 is 35.5 Å².